The summed E-state index contributed by atoms with van der Waals surface area (Å²) in [5.41, 5.74) is 0.508. The normalized spacial score (nSPS) is 27.2. The molecule has 3 N–H and O–H groups in total. The first-order valence-electron chi connectivity index (χ1n) is 12.8. The number of alkyl halides is 3. The van der Waals surface area contributed by atoms with Gasteiger partial charge in [0.25, 0.3) is 0 Å². The van der Waals surface area contributed by atoms with Crippen molar-refractivity contribution >= 4 is 11.8 Å². The molecule has 0 saturated carbocycles. The molecule has 6 nitrogen and oxygen atoms in total. The van der Waals surface area contributed by atoms with Crippen molar-refractivity contribution < 1.29 is 27.4 Å². The average molecular weight is 508 g/mol. The molecule has 9 heteroatoms. The number of alkyl carbamates (subject to hydrolysis) is 1. The fourth-order valence-electron chi connectivity index (χ4n) is 5.27. The smallest absolute Gasteiger partial charge is 0.416 e. The van der Waals surface area contributed by atoms with Crippen molar-refractivity contribution in [2.75, 3.05) is 25.0 Å². The lowest BCUT2D eigenvalue weighted by molar-refractivity contribution is -0.138. The molecule has 2 heterocycles. The zero-order chi connectivity index (χ0) is 25.7. The number of ether oxygens (including phenoxy) is 2. The Balaban J connectivity index is 1.41. The molecule has 1 aromatic rings. The first kappa shape index (κ1) is 26.5. The number of nitrogens with one attached hydrogen (secondary N) is 3. The highest BCUT2D eigenvalue weighted by atomic mass is 19.4. The summed E-state index contributed by atoms with van der Waals surface area (Å²) < 4.78 is 52.2. The predicted octanol–water partition coefficient (Wildman–Crippen LogP) is 5.58. The van der Waals surface area contributed by atoms with E-state index in [0.29, 0.717) is 30.3 Å². The quantitative estimate of drug-likeness (QED) is 0.401. The monoisotopic (exact) mass is 507 g/mol. The van der Waals surface area contributed by atoms with E-state index in [2.05, 4.69) is 41.9 Å². The van der Waals surface area contributed by atoms with Crippen LogP contribution in [0.1, 0.15) is 56.8 Å². The lowest BCUT2D eigenvalue weighted by atomic mass is 9.73. The van der Waals surface area contributed by atoms with Crippen LogP contribution in [0.5, 0.6) is 0 Å². The zero-order valence-corrected chi connectivity index (χ0v) is 20.8. The Bertz CT molecular complexity index is 963. The van der Waals surface area contributed by atoms with Crippen molar-refractivity contribution in [3.05, 3.63) is 53.6 Å². The van der Waals surface area contributed by atoms with Crippen LogP contribution >= 0.6 is 0 Å². The molecule has 5 atom stereocenters. The molecule has 0 bridgehead atoms. The molecule has 36 heavy (non-hydrogen) atoms. The van der Waals surface area contributed by atoms with Crippen LogP contribution in [0, 0.1) is 11.8 Å². The molecule has 1 unspecified atom stereocenters. The van der Waals surface area contributed by atoms with E-state index >= 15 is 0 Å². The minimum atomic E-state index is -4.43. The number of carbonyl (C=O) groups is 1. The van der Waals surface area contributed by atoms with Crippen molar-refractivity contribution in [3.8, 4) is 0 Å². The standard InChI is InChI=1S/C27H36F3N3O3/c1-17(2)31-13-6-14-32-26(34)35-16-20-10-11-21-24(18-7-4-3-5-8-18)33-23-12-9-19(27(28,29)30)15-22(23)25(21)36-20/h3-5,7,9,12,15,17-18,20-21,24-25,31,33H,6,8,10-11,13-14,16H2,1-2H3,(H,32,34)/t18?,20-,21+,24+,25+/m1/s1. The van der Waals surface area contributed by atoms with Crippen molar-refractivity contribution in [2.45, 2.75) is 70.0 Å². The Hall–Kier alpha value is -2.52. The minimum Gasteiger partial charge on any atom is -0.447 e. The van der Waals surface area contributed by atoms with Gasteiger partial charge in [-0.05, 0) is 50.4 Å². The number of allylic oxidation sites excluding steroid dienone is 3. The molecule has 198 valence electrons. The second-order valence-electron chi connectivity index (χ2n) is 10.1. The molecule has 1 aromatic carbocycles. The Labute approximate surface area is 210 Å². The van der Waals surface area contributed by atoms with E-state index < -0.39 is 23.9 Å². The van der Waals surface area contributed by atoms with Gasteiger partial charge in [0.05, 0.1) is 17.8 Å². The van der Waals surface area contributed by atoms with E-state index in [1.165, 1.54) is 12.1 Å². The molecule has 3 aliphatic rings. The van der Waals surface area contributed by atoms with Crippen molar-refractivity contribution in [3.63, 3.8) is 0 Å². The molecule has 2 aliphatic heterocycles. The Morgan fingerprint density at radius 3 is 2.78 bits per heavy atom. The van der Waals surface area contributed by atoms with Gasteiger partial charge in [-0.15, -0.1) is 0 Å². The largest absolute Gasteiger partial charge is 0.447 e. The van der Waals surface area contributed by atoms with E-state index in [4.69, 9.17) is 9.47 Å². The summed E-state index contributed by atoms with van der Waals surface area (Å²) in [6.07, 6.45) is 5.58. The van der Waals surface area contributed by atoms with Gasteiger partial charge in [0.1, 0.15) is 6.61 Å². The van der Waals surface area contributed by atoms with Crippen LogP contribution in [-0.2, 0) is 15.7 Å². The number of hydrogen-bond acceptors (Lipinski definition) is 5. The fourth-order valence-corrected chi connectivity index (χ4v) is 5.27. The highest BCUT2D eigenvalue weighted by Gasteiger charge is 2.45. The first-order chi connectivity index (χ1) is 17.2. The second-order valence-corrected chi connectivity index (χ2v) is 10.1. The summed E-state index contributed by atoms with van der Waals surface area (Å²) >= 11 is 0. The molecule has 1 amide bonds. The number of anilines is 1. The van der Waals surface area contributed by atoms with Gasteiger partial charge in [0, 0.05) is 41.7 Å². The first-order valence-corrected chi connectivity index (χ1v) is 12.8. The van der Waals surface area contributed by atoms with E-state index in [0.717, 1.165) is 31.9 Å². The van der Waals surface area contributed by atoms with Gasteiger partial charge in [0.2, 0.25) is 0 Å². The topological polar surface area (TPSA) is 71.6 Å². The number of halogens is 3. The van der Waals surface area contributed by atoms with Crippen LogP contribution in [0.2, 0.25) is 0 Å². The lowest BCUT2D eigenvalue weighted by Crippen LogP contribution is -2.47. The molecular weight excluding hydrogens is 471 g/mol. The van der Waals surface area contributed by atoms with E-state index in [1.807, 2.05) is 12.2 Å². The number of fused-ring (bicyclic) bond motifs is 3. The number of hydrogen-bond donors (Lipinski definition) is 3. The summed E-state index contributed by atoms with van der Waals surface area (Å²) in [6, 6.07) is 4.26. The Morgan fingerprint density at radius 2 is 2.06 bits per heavy atom. The van der Waals surface area contributed by atoms with Crippen molar-refractivity contribution in [1.29, 1.82) is 0 Å². The zero-order valence-electron chi connectivity index (χ0n) is 20.8. The summed E-state index contributed by atoms with van der Waals surface area (Å²) in [7, 11) is 0. The van der Waals surface area contributed by atoms with Gasteiger partial charge in [-0.25, -0.2) is 4.79 Å². The number of carbonyl (C=O) groups excluding carboxylic acids is 1. The van der Waals surface area contributed by atoms with Gasteiger partial charge in [-0.3, -0.25) is 0 Å². The maximum Gasteiger partial charge on any atom is 0.416 e. The van der Waals surface area contributed by atoms with Crippen molar-refractivity contribution in [2.24, 2.45) is 11.8 Å². The van der Waals surface area contributed by atoms with Crippen LogP contribution in [0.4, 0.5) is 23.7 Å². The molecule has 0 spiro atoms. The third-order valence-corrected chi connectivity index (χ3v) is 7.07. The third-order valence-electron chi connectivity index (χ3n) is 7.07. The van der Waals surface area contributed by atoms with Gasteiger partial charge in [-0.1, -0.05) is 38.2 Å². The summed E-state index contributed by atoms with van der Waals surface area (Å²) in [4.78, 5) is 12.1. The number of rotatable bonds is 8. The van der Waals surface area contributed by atoms with Crippen LogP contribution < -0.4 is 16.0 Å². The lowest BCUT2D eigenvalue weighted by Gasteiger charge is -2.47. The highest BCUT2D eigenvalue weighted by molar-refractivity contribution is 5.67. The molecule has 0 radical (unpaired) electrons. The van der Waals surface area contributed by atoms with Crippen molar-refractivity contribution in [1.82, 2.24) is 10.6 Å². The van der Waals surface area contributed by atoms with E-state index in [9.17, 15) is 18.0 Å². The van der Waals surface area contributed by atoms with E-state index in [1.54, 1.807) is 0 Å². The van der Waals surface area contributed by atoms with Crippen LogP contribution in [0.3, 0.4) is 0 Å². The summed E-state index contributed by atoms with van der Waals surface area (Å²) in [5, 5.41) is 9.54. The summed E-state index contributed by atoms with van der Waals surface area (Å²) in [5.74, 6) is 0.242. The second kappa shape index (κ2) is 11.7. The number of amides is 1. The molecule has 1 aliphatic carbocycles. The van der Waals surface area contributed by atoms with Gasteiger partial charge in [0.15, 0.2) is 0 Å². The van der Waals surface area contributed by atoms with Gasteiger partial charge >= 0.3 is 12.3 Å². The Morgan fingerprint density at radius 1 is 1.22 bits per heavy atom. The van der Waals surface area contributed by atoms with Crippen LogP contribution in [0.25, 0.3) is 0 Å². The van der Waals surface area contributed by atoms with Gasteiger partial charge < -0.3 is 25.4 Å². The minimum absolute atomic E-state index is 0.0145. The Kier molecular flexibility index (Phi) is 8.62. The molecular formula is C27H36F3N3O3. The van der Waals surface area contributed by atoms with E-state index in [-0.39, 0.29) is 30.6 Å². The SMILES string of the molecule is CC(C)NCCCNC(=O)OC[C@H]1CC[C@@H]2[C@H](O1)c1cc(C(F)(F)F)ccc1N[C@H]2C1C=CC=CC1. The number of benzene rings is 1. The summed E-state index contributed by atoms with van der Waals surface area (Å²) in [6.45, 7) is 5.49. The maximum atomic E-state index is 13.5. The fraction of sp³-hybridized carbons (Fsp3) is 0.593. The molecule has 0 aromatic heterocycles. The van der Waals surface area contributed by atoms with Crippen LogP contribution in [0.15, 0.2) is 42.5 Å². The van der Waals surface area contributed by atoms with Crippen LogP contribution in [-0.4, -0.2) is 44.0 Å². The van der Waals surface area contributed by atoms with Gasteiger partial charge in [-0.2, -0.15) is 13.2 Å². The molecule has 1 saturated heterocycles. The molecule has 4 rings (SSSR count). The average Bonchev–Trinajstić information content (AvgIpc) is 2.86. The predicted molar refractivity (Wildman–Crippen MR) is 133 cm³/mol. The highest BCUT2D eigenvalue weighted by Crippen LogP contribution is 2.49. The molecule has 1 fully saturated rings. The maximum absolute atomic E-state index is 13.5. The third kappa shape index (κ3) is 6.62.